The minimum Gasteiger partial charge on any atom is -0.372 e. The molecule has 0 spiro atoms. The number of hydrogen-bond donors (Lipinski definition) is 2. The molecule has 2 atom stereocenters. The van der Waals surface area contributed by atoms with Crippen molar-refractivity contribution in [1.82, 2.24) is 10.0 Å². The molecule has 130 valence electrons. The van der Waals surface area contributed by atoms with Crippen LogP contribution in [-0.2, 0) is 19.5 Å². The first kappa shape index (κ1) is 18.9. The first-order chi connectivity index (χ1) is 10.8. The Bertz CT molecular complexity index is 656. The lowest BCUT2D eigenvalue weighted by atomic mass is 9.90. The molecule has 1 aliphatic heterocycles. The molecule has 2 rings (SSSR count). The van der Waals surface area contributed by atoms with Crippen LogP contribution >= 0.6 is 23.2 Å². The molecule has 1 aromatic carbocycles. The molecule has 0 saturated carbocycles. The minimum atomic E-state index is -3.36. The Kier molecular flexibility index (Phi) is 6.29. The van der Waals surface area contributed by atoms with Gasteiger partial charge in [0, 0.05) is 26.7 Å². The molecule has 0 amide bonds. The molecule has 1 fully saturated rings. The van der Waals surface area contributed by atoms with Crippen LogP contribution in [-0.4, -0.2) is 53.6 Å². The van der Waals surface area contributed by atoms with Gasteiger partial charge >= 0.3 is 0 Å². The van der Waals surface area contributed by atoms with Crippen molar-refractivity contribution in [1.29, 1.82) is 0 Å². The van der Waals surface area contributed by atoms with E-state index in [1.54, 1.807) is 18.2 Å². The smallest absolute Gasteiger partial charge is 0.208 e. The SMILES string of the molecule is CO[C@]1(CNS(C)(=O)=O)CNCCO[C@@H]1c1ccc(Cl)c(Cl)c1. The Morgan fingerprint density at radius 3 is 2.78 bits per heavy atom. The van der Waals surface area contributed by atoms with E-state index in [0.717, 1.165) is 11.8 Å². The number of nitrogens with one attached hydrogen (secondary N) is 2. The monoisotopic (exact) mass is 382 g/mol. The highest BCUT2D eigenvalue weighted by molar-refractivity contribution is 7.88. The lowest BCUT2D eigenvalue weighted by Crippen LogP contribution is -2.54. The molecule has 1 saturated heterocycles. The summed E-state index contributed by atoms with van der Waals surface area (Å²) in [5.74, 6) is 0. The minimum absolute atomic E-state index is 0.0697. The highest BCUT2D eigenvalue weighted by Gasteiger charge is 2.43. The normalized spacial score (nSPS) is 26.0. The van der Waals surface area contributed by atoms with E-state index in [-0.39, 0.29) is 6.54 Å². The molecule has 1 heterocycles. The molecule has 0 unspecified atom stereocenters. The Labute approximate surface area is 146 Å². The van der Waals surface area contributed by atoms with Crippen LogP contribution in [0.15, 0.2) is 18.2 Å². The maximum absolute atomic E-state index is 11.5. The van der Waals surface area contributed by atoms with Crippen LogP contribution in [0.1, 0.15) is 11.7 Å². The number of ether oxygens (including phenoxy) is 2. The van der Waals surface area contributed by atoms with Crippen molar-refractivity contribution in [3.05, 3.63) is 33.8 Å². The van der Waals surface area contributed by atoms with Gasteiger partial charge in [-0.25, -0.2) is 13.1 Å². The summed E-state index contributed by atoms with van der Waals surface area (Å²) in [6, 6.07) is 5.21. The molecule has 1 aromatic rings. The fraction of sp³-hybridized carbons (Fsp3) is 0.571. The second-order valence-electron chi connectivity index (χ2n) is 5.46. The zero-order valence-electron chi connectivity index (χ0n) is 12.9. The molecule has 0 aromatic heterocycles. The third-order valence-corrected chi connectivity index (χ3v) is 5.16. The summed E-state index contributed by atoms with van der Waals surface area (Å²) in [6.07, 6.45) is 0.613. The highest BCUT2D eigenvalue weighted by atomic mass is 35.5. The van der Waals surface area contributed by atoms with Crippen LogP contribution in [0.3, 0.4) is 0 Å². The predicted octanol–water partition coefficient (Wildman–Crippen LogP) is 1.59. The van der Waals surface area contributed by atoms with Crippen LogP contribution < -0.4 is 10.0 Å². The zero-order valence-corrected chi connectivity index (χ0v) is 15.3. The predicted molar refractivity (Wildman–Crippen MR) is 90.6 cm³/mol. The summed E-state index contributed by atoms with van der Waals surface area (Å²) in [5.41, 5.74) is -0.128. The van der Waals surface area contributed by atoms with E-state index in [9.17, 15) is 8.42 Å². The van der Waals surface area contributed by atoms with Crippen molar-refractivity contribution < 1.29 is 17.9 Å². The van der Waals surface area contributed by atoms with Crippen molar-refractivity contribution in [2.45, 2.75) is 11.7 Å². The van der Waals surface area contributed by atoms with Gasteiger partial charge in [-0.15, -0.1) is 0 Å². The summed E-state index contributed by atoms with van der Waals surface area (Å²) in [4.78, 5) is 0. The Morgan fingerprint density at radius 2 is 2.17 bits per heavy atom. The van der Waals surface area contributed by atoms with E-state index in [0.29, 0.717) is 29.7 Å². The Morgan fingerprint density at radius 1 is 1.43 bits per heavy atom. The third-order valence-electron chi connectivity index (χ3n) is 3.75. The van der Waals surface area contributed by atoms with E-state index in [4.69, 9.17) is 32.7 Å². The average Bonchev–Trinajstić information content (AvgIpc) is 2.70. The van der Waals surface area contributed by atoms with E-state index in [1.807, 2.05) is 0 Å². The Hall–Kier alpha value is -0.410. The molecular formula is C14H20Cl2N2O4S. The molecule has 0 bridgehead atoms. The van der Waals surface area contributed by atoms with Crippen LogP contribution in [0.2, 0.25) is 10.0 Å². The van der Waals surface area contributed by atoms with Gasteiger partial charge in [-0.2, -0.15) is 0 Å². The van der Waals surface area contributed by atoms with Gasteiger partial charge in [0.1, 0.15) is 11.7 Å². The molecule has 23 heavy (non-hydrogen) atoms. The molecule has 0 radical (unpaired) electrons. The quantitative estimate of drug-likeness (QED) is 0.808. The van der Waals surface area contributed by atoms with Crippen molar-refractivity contribution in [3.63, 3.8) is 0 Å². The summed E-state index contributed by atoms with van der Waals surface area (Å²) in [5, 5.41) is 4.06. The van der Waals surface area contributed by atoms with E-state index >= 15 is 0 Å². The highest BCUT2D eigenvalue weighted by Crippen LogP contribution is 2.36. The topological polar surface area (TPSA) is 76.7 Å². The van der Waals surface area contributed by atoms with Gasteiger partial charge in [0.25, 0.3) is 0 Å². The maximum atomic E-state index is 11.5. The third kappa shape index (κ3) is 4.79. The van der Waals surface area contributed by atoms with Crippen LogP contribution in [0.5, 0.6) is 0 Å². The summed E-state index contributed by atoms with van der Waals surface area (Å²) < 4.78 is 37.1. The molecule has 2 N–H and O–H groups in total. The van der Waals surface area contributed by atoms with Gasteiger partial charge in [-0.05, 0) is 17.7 Å². The van der Waals surface area contributed by atoms with E-state index in [2.05, 4.69) is 10.0 Å². The van der Waals surface area contributed by atoms with Crippen molar-refractivity contribution in [3.8, 4) is 0 Å². The number of sulfonamides is 1. The summed E-state index contributed by atoms with van der Waals surface area (Å²) in [6.45, 7) is 1.61. The van der Waals surface area contributed by atoms with Gasteiger partial charge in [0.05, 0.1) is 22.9 Å². The summed E-state index contributed by atoms with van der Waals surface area (Å²) in [7, 11) is -1.83. The lowest BCUT2D eigenvalue weighted by molar-refractivity contribution is -0.113. The van der Waals surface area contributed by atoms with Crippen molar-refractivity contribution in [2.75, 3.05) is 39.6 Å². The largest absolute Gasteiger partial charge is 0.372 e. The number of benzene rings is 1. The fourth-order valence-corrected chi connectivity index (χ4v) is 3.34. The maximum Gasteiger partial charge on any atom is 0.208 e. The fourth-order valence-electron chi connectivity index (χ4n) is 2.53. The van der Waals surface area contributed by atoms with Crippen molar-refractivity contribution >= 4 is 33.2 Å². The lowest BCUT2D eigenvalue weighted by Gasteiger charge is -2.38. The standard InChI is InChI=1S/C14H20Cl2N2O4S/c1-21-14(9-18-23(2,19)20)8-17-5-6-22-13(14)10-3-4-11(15)12(16)7-10/h3-4,7,13,17-18H,5-6,8-9H2,1-2H3/t13-,14+/m1/s1. The van der Waals surface area contributed by atoms with Crippen LogP contribution in [0.4, 0.5) is 0 Å². The molecule has 6 nitrogen and oxygen atoms in total. The average molecular weight is 383 g/mol. The molecule has 9 heteroatoms. The molecule has 0 aliphatic carbocycles. The Balaban J connectivity index is 2.38. The first-order valence-corrected chi connectivity index (χ1v) is 9.69. The van der Waals surface area contributed by atoms with Gasteiger partial charge in [-0.1, -0.05) is 29.3 Å². The zero-order chi connectivity index (χ0) is 17.1. The van der Waals surface area contributed by atoms with E-state index in [1.165, 1.54) is 7.11 Å². The van der Waals surface area contributed by atoms with Gasteiger partial charge in [-0.3, -0.25) is 0 Å². The number of methoxy groups -OCH3 is 1. The van der Waals surface area contributed by atoms with Crippen LogP contribution in [0.25, 0.3) is 0 Å². The number of halogens is 2. The first-order valence-electron chi connectivity index (χ1n) is 7.04. The van der Waals surface area contributed by atoms with Gasteiger partial charge < -0.3 is 14.8 Å². The molecule has 1 aliphatic rings. The van der Waals surface area contributed by atoms with Gasteiger partial charge in [0.2, 0.25) is 10.0 Å². The van der Waals surface area contributed by atoms with Crippen LogP contribution in [0, 0.1) is 0 Å². The number of rotatable bonds is 5. The second kappa shape index (κ2) is 7.65. The summed E-state index contributed by atoms with van der Waals surface area (Å²) >= 11 is 12.1. The van der Waals surface area contributed by atoms with Gasteiger partial charge in [0.15, 0.2) is 0 Å². The van der Waals surface area contributed by atoms with E-state index < -0.39 is 21.7 Å². The second-order valence-corrected chi connectivity index (χ2v) is 8.11. The molecular weight excluding hydrogens is 363 g/mol. The van der Waals surface area contributed by atoms with Crippen molar-refractivity contribution in [2.24, 2.45) is 0 Å². The number of hydrogen-bond acceptors (Lipinski definition) is 5.